The number of aliphatic imine (C=N–C) groups is 1. The first-order valence-electron chi connectivity index (χ1n) is 12.2. The van der Waals surface area contributed by atoms with Crippen LogP contribution >= 0.6 is 0 Å². The van der Waals surface area contributed by atoms with Crippen molar-refractivity contribution in [3.05, 3.63) is 42.5 Å². The Kier molecular flexibility index (Phi) is 7.47. The predicted octanol–water partition coefficient (Wildman–Crippen LogP) is 0.194. The molecule has 0 radical (unpaired) electrons. The van der Waals surface area contributed by atoms with Crippen LogP contribution in [0.5, 0.6) is 0 Å². The van der Waals surface area contributed by atoms with E-state index in [2.05, 4.69) is 15.0 Å². The maximum absolute atomic E-state index is 13.5. The number of nitrogens with two attached hydrogens (primary N) is 2. The minimum atomic E-state index is -4.04. The molecule has 37 heavy (non-hydrogen) atoms. The van der Waals surface area contributed by atoms with Crippen molar-refractivity contribution in [2.24, 2.45) is 28.3 Å². The Balaban J connectivity index is 1.54. The molecule has 2 aliphatic rings. The number of likely N-dealkylation sites (N-methyl/N-ethyl adjacent to an activating group) is 1. The average molecular weight is 528 g/mol. The number of ketones is 1. The van der Waals surface area contributed by atoms with Crippen molar-refractivity contribution in [3.8, 4) is 0 Å². The number of rotatable bonds is 8. The van der Waals surface area contributed by atoms with Crippen LogP contribution in [-0.4, -0.2) is 74.9 Å². The Bertz CT molecular complexity index is 1360. The van der Waals surface area contributed by atoms with Crippen molar-refractivity contribution in [2.75, 3.05) is 20.1 Å². The van der Waals surface area contributed by atoms with E-state index in [4.69, 9.17) is 16.9 Å². The second-order valence-corrected chi connectivity index (χ2v) is 11.5. The molecule has 1 amide bonds. The standard InChI is InChI=1S/C25H33N7O4S/c1-15(31-37(35,36)19-10-9-16-6-3-4-7-17(16)12-19)22(33)20-21(25(20,28)14-30-24(26)27)23(34)32(2)18-8-5-11-29-13-18/h3-4,6-7,9-10,12,14-15,18,20-21,29,31H,5,8,11,13,28H2,1-2H3,(H3,26,27)/t15-,18?,20?,21+,25?/m1/s1. The summed E-state index contributed by atoms with van der Waals surface area (Å²) in [5, 5.41) is 12.3. The molecule has 5 atom stereocenters. The first-order chi connectivity index (χ1) is 17.5. The van der Waals surface area contributed by atoms with Crippen LogP contribution in [0.4, 0.5) is 0 Å². The van der Waals surface area contributed by atoms with Gasteiger partial charge in [0, 0.05) is 25.8 Å². The minimum Gasteiger partial charge on any atom is -0.368 e. The molecule has 198 valence electrons. The highest BCUT2D eigenvalue weighted by Crippen LogP contribution is 2.50. The molecule has 0 bridgehead atoms. The lowest BCUT2D eigenvalue weighted by molar-refractivity contribution is -0.135. The number of fused-ring (bicyclic) bond motifs is 1. The van der Waals surface area contributed by atoms with E-state index in [1.54, 1.807) is 24.1 Å². The maximum atomic E-state index is 13.5. The van der Waals surface area contributed by atoms with Gasteiger partial charge < -0.3 is 21.7 Å². The SMILES string of the molecule is C[C@@H](NS(=O)(=O)c1ccc2ccccc2c1)C(=O)C1[C@@H](C(=O)N(C)C2CCCNC2)C1(N)C=NC(=N)N. The fourth-order valence-electron chi connectivity index (χ4n) is 5.06. The molecule has 1 heterocycles. The largest absolute Gasteiger partial charge is 0.368 e. The second-order valence-electron chi connectivity index (χ2n) is 9.80. The summed E-state index contributed by atoms with van der Waals surface area (Å²) in [7, 11) is -2.36. The molecular formula is C25H33N7O4S. The number of nitrogens with one attached hydrogen (secondary N) is 3. The third kappa shape index (κ3) is 5.42. The van der Waals surface area contributed by atoms with Gasteiger partial charge in [-0.05, 0) is 49.2 Å². The van der Waals surface area contributed by atoms with E-state index in [0.29, 0.717) is 6.54 Å². The average Bonchev–Trinajstić information content (AvgIpc) is 3.51. The highest BCUT2D eigenvalue weighted by Gasteiger charge is 2.69. The molecule has 7 N–H and O–H groups in total. The minimum absolute atomic E-state index is 0.0240. The molecule has 1 aliphatic heterocycles. The van der Waals surface area contributed by atoms with E-state index in [0.717, 1.165) is 36.4 Å². The zero-order valence-electron chi connectivity index (χ0n) is 20.8. The third-order valence-corrected chi connectivity index (χ3v) is 8.80. The van der Waals surface area contributed by atoms with Crippen molar-refractivity contribution in [2.45, 2.75) is 42.3 Å². The van der Waals surface area contributed by atoms with Crippen LogP contribution in [0.2, 0.25) is 0 Å². The summed E-state index contributed by atoms with van der Waals surface area (Å²) in [6.07, 6.45) is 2.90. The molecule has 1 aliphatic carbocycles. The number of carbonyl (C=O) groups is 2. The number of benzene rings is 2. The summed E-state index contributed by atoms with van der Waals surface area (Å²) < 4.78 is 28.6. The lowest BCUT2D eigenvalue weighted by Gasteiger charge is -2.32. The highest BCUT2D eigenvalue weighted by atomic mass is 32.2. The van der Waals surface area contributed by atoms with Gasteiger partial charge in [-0.15, -0.1) is 0 Å². The summed E-state index contributed by atoms with van der Waals surface area (Å²) in [4.78, 5) is 32.2. The van der Waals surface area contributed by atoms with Crippen molar-refractivity contribution in [1.82, 2.24) is 14.9 Å². The van der Waals surface area contributed by atoms with Gasteiger partial charge in [-0.25, -0.2) is 18.1 Å². The molecule has 12 heteroatoms. The van der Waals surface area contributed by atoms with Crippen LogP contribution in [0.25, 0.3) is 10.8 Å². The number of Topliss-reactive ketones (excluding diaryl/α,β-unsaturated/α-hetero) is 1. The van der Waals surface area contributed by atoms with Gasteiger partial charge in [0.05, 0.1) is 28.3 Å². The Morgan fingerprint density at radius 2 is 1.95 bits per heavy atom. The molecule has 1 saturated heterocycles. The Morgan fingerprint density at radius 3 is 2.59 bits per heavy atom. The van der Waals surface area contributed by atoms with E-state index >= 15 is 0 Å². The number of hydrogen-bond donors (Lipinski definition) is 5. The topological polar surface area (TPSA) is 184 Å². The summed E-state index contributed by atoms with van der Waals surface area (Å²) in [5.74, 6) is -3.33. The normalized spacial score (nSPS) is 26.6. The van der Waals surface area contributed by atoms with E-state index in [-0.39, 0.29) is 16.8 Å². The first-order valence-corrected chi connectivity index (χ1v) is 13.6. The van der Waals surface area contributed by atoms with Gasteiger partial charge in [0.1, 0.15) is 0 Å². The molecule has 0 aromatic heterocycles. The van der Waals surface area contributed by atoms with Crippen LogP contribution in [0.3, 0.4) is 0 Å². The smallest absolute Gasteiger partial charge is 0.241 e. The number of guanidine groups is 1. The quantitative estimate of drug-likeness (QED) is 0.240. The van der Waals surface area contributed by atoms with Crippen molar-refractivity contribution >= 4 is 44.7 Å². The van der Waals surface area contributed by atoms with Crippen molar-refractivity contribution in [3.63, 3.8) is 0 Å². The van der Waals surface area contributed by atoms with E-state index in [1.807, 2.05) is 18.2 Å². The van der Waals surface area contributed by atoms with Gasteiger partial charge in [0.25, 0.3) is 0 Å². The summed E-state index contributed by atoms with van der Waals surface area (Å²) in [6.45, 7) is 2.94. The van der Waals surface area contributed by atoms with Crippen LogP contribution in [0.1, 0.15) is 19.8 Å². The molecule has 3 unspecified atom stereocenters. The van der Waals surface area contributed by atoms with Crippen LogP contribution in [0, 0.1) is 17.2 Å². The van der Waals surface area contributed by atoms with Gasteiger partial charge >= 0.3 is 0 Å². The number of carbonyl (C=O) groups excluding carboxylic acids is 2. The molecule has 1 saturated carbocycles. The molecule has 11 nitrogen and oxygen atoms in total. The number of piperidine rings is 1. The summed E-state index contributed by atoms with van der Waals surface area (Å²) in [5.41, 5.74) is 10.3. The van der Waals surface area contributed by atoms with Gasteiger partial charge in [-0.2, -0.15) is 0 Å². The Labute approximate surface area is 216 Å². The summed E-state index contributed by atoms with van der Waals surface area (Å²) >= 11 is 0. The monoisotopic (exact) mass is 527 g/mol. The van der Waals surface area contributed by atoms with Gasteiger partial charge in [-0.3, -0.25) is 15.0 Å². The van der Waals surface area contributed by atoms with E-state index < -0.39 is 45.2 Å². The summed E-state index contributed by atoms with van der Waals surface area (Å²) in [6, 6.07) is 10.9. The Morgan fingerprint density at radius 1 is 1.24 bits per heavy atom. The van der Waals surface area contributed by atoms with Gasteiger partial charge in [0.2, 0.25) is 21.9 Å². The van der Waals surface area contributed by atoms with Crippen molar-refractivity contribution < 1.29 is 18.0 Å². The van der Waals surface area contributed by atoms with Gasteiger partial charge in [-0.1, -0.05) is 30.3 Å². The van der Waals surface area contributed by atoms with Crippen LogP contribution in [-0.2, 0) is 19.6 Å². The first kappa shape index (κ1) is 26.9. The highest BCUT2D eigenvalue weighted by molar-refractivity contribution is 7.89. The van der Waals surface area contributed by atoms with Crippen molar-refractivity contribution in [1.29, 1.82) is 5.41 Å². The third-order valence-electron chi connectivity index (χ3n) is 7.26. The second kappa shape index (κ2) is 10.3. The van der Waals surface area contributed by atoms with E-state index in [9.17, 15) is 18.0 Å². The van der Waals surface area contributed by atoms with E-state index in [1.165, 1.54) is 19.1 Å². The number of amides is 1. The number of hydrogen-bond acceptors (Lipinski definition) is 7. The Hall–Kier alpha value is -3.19. The molecule has 2 aromatic rings. The van der Waals surface area contributed by atoms with Crippen LogP contribution < -0.4 is 21.5 Å². The fourth-order valence-corrected chi connectivity index (χ4v) is 6.31. The fraction of sp³-hybridized carbons (Fsp3) is 0.440. The predicted molar refractivity (Wildman–Crippen MR) is 142 cm³/mol. The molecule has 0 spiro atoms. The zero-order valence-corrected chi connectivity index (χ0v) is 21.7. The van der Waals surface area contributed by atoms with Gasteiger partial charge in [0.15, 0.2) is 5.78 Å². The number of nitrogens with zero attached hydrogens (tertiary/aromatic N) is 2. The molecule has 2 fully saturated rings. The zero-order chi connectivity index (χ0) is 27.0. The maximum Gasteiger partial charge on any atom is 0.241 e. The molecular weight excluding hydrogens is 494 g/mol. The lowest BCUT2D eigenvalue weighted by Crippen LogP contribution is -2.48. The lowest BCUT2D eigenvalue weighted by atomic mass is 10.0. The molecule has 4 rings (SSSR count). The number of sulfonamides is 1. The van der Waals surface area contributed by atoms with Crippen LogP contribution in [0.15, 0.2) is 52.4 Å². The molecule has 2 aromatic carbocycles.